The molecule has 27 heavy (non-hydrogen) atoms. The first-order valence-corrected chi connectivity index (χ1v) is 10.3. The number of oxazole rings is 1. The molecule has 1 aromatic heterocycles. The van der Waals surface area contributed by atoms with Gasteiger partial charge in [0.1, 0.15) is 12.3 Å². The van der Waals surface area contributed by atoms with Gasteiger partial charge in [-0.2, -0.15) is 0 Å². The summed E-state index contributed by atoms with van der Waals surface area (Å²) in [4.78, 5) is 8.91. The molecule has 0 aliphatic heterocycles. The van der Waals surface area contributed by atoms with E-state index >= 15 is 0 Å². The molecule has 156 valence electrons. The van der Waals surface area contributed by atoms with E-state index in [2.05, 4.69) is 27.5 Å². The zero-order valence-corrected chi connectivity index (χ0v) is 19.5. The summed E-state index contributed by atoms with van der Waals surface area (Å²) in [6, 6.07) is 0. The number of ether oxygens (including phenoxy) is 1. The van der Waals surface area contributed by atoms with Crippen LogP contribution in [-0.2, 0) is 11.3 Å². The summed E-state index contributed by atoms with van der Waals surface area (Å²) in [5, 5.41) is 6.65. The normalized spacial score (nSPS) is 15.4. The number of aromatic nitrogens is 1. The predicted molar refractivity (Wildman–Crippen MR) is 121 cm³/mol. The van der Waals surface area contributed by atoms with E-state index in [1.54, 1.807) is 0 Å². The quantitative estimate of drug-likeness (QED) is 0.218. The highest BCUT2D eigenvalue weighted by Crippen LogP contribution is 2.20. The molecule has 1 saturated carbocycles. The fraction of sp³-hybridized carbons (Fsp3) is 0.800. The van der Waals surface area contributed by atoms with Crippen LogP contribution in [0.5, 0.6) is 0 Å². The fourth-order valence-corrected chi connectivity index (χ4v) is 3.19. The van der Waals surface area contributed by atoms with Gasteiger partial charge in [0.05, 0.1) is 11.8 Å². The number of halogens is 1. The van der Waals surface area contributed by atoms with Crippen LogP contribution in [0, 0.1) is 13.8 Å². The van der Waals surface area contributed by atoms with Crippen molar-refractivity contribution in [2.75, 3.05) is 19.7 Å². The van der Waals surface area contributed by atoms with Crippen molar-refractivity contribution in [1.82, 2.24) is 15.6 Å². The number of hydrogen-bond donors (Lipinski definition) is 2. The van der Waals surface area contributed by atoms with E-state index in [-0.39, 0.29) is 24.0 Å². The van der Waals surface area contributed by atoms with Gasteiger partial charge in [-0.3, -0.25) is 0 Å². The third kappa shape index (κ3) is 9.78. The highest BCUT2D eigenvalue weighted by Gasteiger charge is 2.12. The average Bonchev–Trinajstić information content (AvgIpc) is 2.97. The zero-order valence-electron chi connectivity index (χ0n) is 17.2. The summed E-state index contributed by atoms with van der Waals surface area (Å²) in [6.45, 7) is 9.06. The van der Waals surface area contributed by atoms with Crippen molar-refractivity contribution >= 4 is 29.9 Å². The lowest BCUT2D eigenvalue weighted by Gasteiger charge is -2.21. The highest BCUT2D eigenvalue weighted by atomic mass is 127. The standard InChI is InChI=1S/C20H36N4O2.HI/c1-4-21-20(23-15-19-24-16(2)17(3)26-19)22-13-9-6-10-14-25-18-11-7-5-8-12-18;/h18H,4-15H2,1-3H3,(H2,21,22,23);1H. The second-order valence-electron chi connectivity index (χ2n) is 7.06. The Bertz CT molecular complexity index is 523. The number of nitrogens with one attached hydrogen (secondary N) is 2. The molecule has 0 atom stereocenters. The molecule has 1 aliphatic carbocycles. The third-order valence-corrected chi connectivity index (χ3v) is 4.81. The molecular weight excluding hydrogens is 455 g/mol. The first-order chi connectivity index (χ1) is 12.7. The monoisotopic (exact) mass is 492 g/mol. The number of unbranched alkanes of at least 4 members (excludes halogenated alkanes) is 2. The van der Waals surface area contributed by atoms with Crippen molar-refractivity contribution in [1.29, 1.82) is 0 Å². The summed E-state index contributed by atoms with van der Waals surface area (Å²) in [6.07, 6.45) is 10.5. The Kier molecular flexibility index (Phi) is 12.7. The van der Waals surface area contributed by atoms with Crippen LogP contribution in [0.15, 0.2) is 9.41 Å². The largest absolute Gasteiger partial charge is 0.444 e. The van der Waals surface area contributed by atoms with E-state index in [4.69, 9.17) is 9.15 Å². The summed E-state index contributed by atoms with van der Waals surface area (Å²) < 4.78 is 11.5. The first-order valence-electron chi connectivity index (χ1n) is 10.3. The molecule has 1 heterocycles. The number of aliphatic imine (C=N–C) groups is 1. The van der Waals surface area contributed by atoms with Gasteiger partial charge in [0.2, 0.25) is 5.89 Å². The van der Waals surface area contributed by atoms with Gasteiger partial charge in [-0.15, -0.1) is 24.0 Å². The molecule has 6 nitrogen and oxygen atoms in total. The predicted octanol–water partition coefficient (Wildman–Crippen LogP) is 4.48. The number of rotatable bonds is 10. The van der Waals surface area contributed by atoms with Gasteiger partial charge in [0.15, 0.2) is 5.96 Å². The van der Waals surface area contributed by atoms with E-state index in [1.807, 2.05) is 13.8 Å². The highest BCUT2D eigenvalue weighted by molar-refractivity contribution is 14.0. The summed E-state index contributed by atoms with van der Waals surface area (Å²) in [5.74, 6) is 2.35. The lowest BCUT2D eigenvalue weighted by atomic mass is 9.98. The molecule has 1 fully saturated rings. The summed E-state index contributed by atoms with van der Waals surface area (Å²) in [5.41, 5.74) is 0.934. The topological polar surface area (TPSA) is 71.7 Å². The minimum atomic E-state index is 0. The van der Waals surface area contributed by atoms with Crippen LogP contribution >= 0.6 is 24.0 Å². The smallest absolute Gasteiger partial charge is 0.216 e. The van der Waals surface area contributed by atoms with Crippen LogP contribution in [0.25, 0.3) is 0 Å². The van der Waals surface area contributed by atoms with Gasteiger partial charge in [0, 0.05) is 19.7 Å². The van der Waals surface area contributed by atoms with Crippen molar-refractivity contribution in [2.24, 2.45) is 4.99 Å². The minimum absolute atomic E-state index is 0. The Morgan fingerprint density at radius 3 is 2.59 bits per heavy atom. The molecule has 1 aromatic rings. The van der Waals surface area contributed by atoms with Gasteiger partial charge >= 0.3 is 0 Å². The average molecular weight is 492 g/mol. The number of guanidine groups is 1. The molecule has 2 N–H and O–H groups in total. The molecule has 2 rings (SSSR count). The van der Waals surface area contributed by atoms with Crippen LogP contribution in [0.4, 0.5) is 0 Å². The van der Waals surface area contributed by atoms with Gasteiger partial charge in [-0.25, -0.2) is 9.98 Å². The third-order valence-electron chi connectivity index (χ3n) is 4.81. The second-order valence-corrected chi connectivity index (χ2v) is 7.06. The van der Waals surface area contributed by atoms with Crippen molar-refractivity contribution < 1.29 is 9.15 Å². The lowest BCUT2D eigenvalue weighted by molar-refractivity contribution is 0.0264. The van der Waals surface area contributed by atoms with Crippen LogP contribution < -0.4 is 10.6 Å². The maximum absolute atomic E-state index is 5.97. The maximum atomic E-state index is 5.97. The Balaban J connectivity index is 0.00000364. The van der Waals surface area contributed by atoms with E-state index < -0.39 is 0 Å². The molecule has 0 aromatic carbocycles. The Morgan fingerprint density at radius 2 is 1.93 bits per heavy atom. The summed E-state index contributed by atoms with van der Waals surface area (Å²) in [7, 11) is 0. The van der Waals surface area contributed by atoms with E-state index in [9.17, 15) is 0 Å². The molecule has 0 saturated heterocycles. The first kappa shape index (κ1) is 24.2. The van der Waals surface area contributed by atoms with Crippen LogP contribution in [0.1, 0.15) is 75.6 Å². The minimum Gasteiger partial charge on any atom is -0.444 e. The van der Waals surface area contributed by atoms with Crippen molar-refractivity contribution in [3.63, 3.8) is 0 Å². The molecule has 0 amide bonds. The second kappa shape index (κ2) is 14.2. The lowest BCUT2D eigenvalue weighted by Crippen LogP contribution is -2.37. The maximum Gasteiger partial charge on any atom is 0.216 e. The van der Waals surface area contributed by atoms with E-state index in [0.29, 0.717) is 18.5 Å². The van der Waals surface area contributed by atoms with Crippen LogP contribution in [-0.4, -0.2) is 36.7 Å². The van der Waals surface area contributed by atoms with Crippen molar-refractivity contribution in [3.8, 4) is 0 Å². The molecular formula is C20H37IN4O2. The Morgan fingerprint density at radius 1 is 1.15 bits per heavy atom. The molecule has 0 bridgehead atoms. The molecule has 1 aliphatic rings. The molecule has 0 unspecified atom stereocenters. The Hall–Kier alpha value is -0.830. The summed E-state index contributed by atoms with van der Waals surface area (Å²) >= 11 is 0. The van der Waals surface area contributed by atoms with Crippen molar-refractivity contribution in [2.45, 2.75) is 84.8 Å². The molecule has 0 spiro atoms. The molecule has 0 radical (unpaired) electrons. The van der Waals surface area contributed by atoms with Crippen LogP contribution in [0.3, 0.4) is 0 Å². The fourth-order valence-electron chi connectivity index (χ4n) is 3.19. The Labute approximate surface area is 181 Å². The van der Waals surface area contributed by atoms with Gasteiger partial charge < -0.3 is 19.8 Å². The van der Waals surface area contributed by atoms with Gasteiger partial charge in [-0.1, -0.05) is 19.3 Å². The van der Waals surface area contributed by atoms with Gasteiger partial charge in [0.25, 0.3) is 0 Å². The zero-order chi connectivity index (χ0) is 18.6. The van der Waals surface area contributed by atoms with Crippen molar-refractivity contribution in [3.05, 3.63) is 17.3 Å². The van der Waals surface area contributed by atoms with Crippen LogP contribution in [0.2, 0.25) is 0 Å². The van der Waals surface area contributed by atoms with Gasteiger partial charge in [-0.05, 0) is 52.9 Å². The van der Waals surface area contributed by atoms with E-state index in [0.717, 1.165) is 50.0 Å². The van der Waals surface area contributed by atoms with E-state index in [1.165, 1.54) is 38.5 Å². The number of aryl methyl sites for hydroxylation is 2. The molecule has 7 heteroatoms. The SMILES string of the molecule is CCNC(=NCc1nc(C)c(C)o1)NCCCCCOC1CCCCC1.I. The number of nitrogens with zero attached hydrogens (tertiary/aromatic N) is 2. The number of hydrogen-bond acceptors (Lipinski definition) is 4.